The predicted octanol–water partition coefficient (Wildman–Crippen LogP) is 2.97. The molecule has 3 rings (SSSR count). The summed E-state index contributed by atoms with van der Waals surface area (Å²) >= 11 is 3.19. The van der Waals surface area contributed by atoms with Crippen LogP contribution in [0.2, 0.25) is 0 Å². The van der Waals surface area contributed by atoms with Crippen molar-refractivity contribution in [3.63, 3.8) is 0 Å². The van der Waals surface area contributed by atoms with Gasteiger partial charge in [-0.3, -0.25) is 9.69 Å². The highest BCUT2D eigenvalue weighted by Crippen LogP contribution is 2.25. The van der Waals surface area contributed by atoms with Crippen LogP contribution in [-0.4, -0.2) is 39.9 Å². The largest absolute Gasteiger partial charge is 0.460 e. The van der Waals surface area contributed by atoms with Crippen molar-refractivity contribution in [1.29, 1.82) is 0 Å². The molecule has 0 unspecified atom stereocenters. The maximum Gasteiger partial charge on any atom is 0.323 e. The fraction of sp³-hybridized carbons (Fsp3) is 0.438. The summed E-state index contributed by atoms with van der Waals surface area (Å²) in [6, 6.07) is 9.61. The van der Waals surface area contributed by atoms with Crippen molar-refractivity contribution in [3.8, 4) is 0 Å². The van der Waals surface area contributed by atoms with E-state index in [0.717, 1.165) is 34.3 Å². The number of ether oxygens (including phenoxy) is 1. The van der Waals surface area contributed by atoms with Gasteiger partial charge in [0.25, 0.3) is 0 Å². The highest BCUT2D eigenvalue weighted by molar-refractivity contribution is 8.00. The standard InChI is InChI=1S/C16H19N3O2S2/c1-22-16-18-17-14(23-16)10-19-9-5-8-13(19)15(20)21-11-12-6-3-2-4-7-12/h2-4,6-7,13H,5,8-11H2,1H3/t13-/m0/s1. The summed E-state index contributed by atoms with van der Waals surface area (Å²) in [7, 11) is 0. The first-order valence-corrected chi connectivity index (χ1v) is 9.61. The second-order valence-corrected chi connectivity index (χ2v) is 7.50. The zero-order chi connectivity index (χ0) is 16.1. The minimum atomic E-state index is -0.166. The molecule has 2 aromatic rings. The van der Waals surface area contributed by atoms with E-state index in [4.69, 9.17) is 4.74 Å². The Balaban J connectivity index is 1.56. The van der Waals surface area contributed by atoms with Gasteiger partial charge in [-0.15, -0.1) is 10.2 Å². The van der Waals surface area contributed by atoms with E-state index in [1.807, 2.05) is 36.6 Å². The minimum absolute atomic E-state index is 0.138. The molecule has 0 spiro atoms. The number of esters is 1. The topological polar surface area (TPSA) is 55.3 Å². The third-order valence-corrected chi connectivity index (χ3v) is 5.70. The normalized spacial score (nSPS) is 18.2. The lowest BCUT2D eigenvalue weighted by Crippen LogP contribution is -2.36. The van der Waals surface area contributed by atoms with E-state index in [1.54, 1.807) is 23.1 Å². The van der Waals surface area contributed by atoms with Gasteiger partial charge in [0.2, 0.25) is 0 Å². The van der Waals surface area contributed by atoms with E-state index < -0.39 is 0 Å². The molecular weight excluding hydrogens is 330 g/mol. The van der Waals surface area contributed by atoms with Crippen molar-refractivity contribution >= 4 is 29.1 Å². The van der Waals surface area contributed by atoms with Crippen LogP contribution in [0, 0.1) is 0 Å². The molecule has 0 saturated carbocycles. The maximum absolute atomic E-state index is 12.4. The van der Waals surface area contributed by atoms with Gasteiger partial charge in [0.1, 0.15) is 17.7 Å². The van der Waals surface area contributed by atoms with Gasteiger partial charge in [0, 0.05) is 0 Å². The van der Waals surface area contributed by atoms with Crippen LogP contribution < -0.4 is 0 Å². The third kappa shape index (κ3) is 4.31. The number of carbonyl (C=O) groups is 1. The molecule has 7 heteroatoms. The van der Waals surface area contributed by atoms with E-state index in [9.17, 15) is 4.79 Å². The quantitative estimate of drug-likeness (QED) is 0.590. The van der Waals surface area contributed by atoms with Gasteiger partial charge >= 0.3 is 5.97 Å². The monoisotopic (exact) mass is 349 g/mol. The number of likely N-dealkylation sites (tertiary alicyclic amines) is 1. The molecule has 0 aliphatic carbocycles. The summed E-state index contributed by atoms with van der Waals surface area (Å²) in [5, 5.41) is 9.26. The van der Waals surface area contributed by atoms with Crippen LogP contribution in [-0.2, 0) is 22.7 Å². The summed E-state index contributed by atoms with van der Waals surface area (Å²) < 4.78 is 6.45. The number of thioether (sulfide) groups is 1. The first-order chi connectivity index (χ1) is 11.3. The molecule has 5 nitrogen and oxygen atoms in total. The van der Waals surface area contributed by atoms with Crippen molar-refractivity contribution in [2.24, 2.45) is 0 Å². The van der Waals surface area contributed by atoms with Crippen LogP contribution in [0.1, 0.15) is 23.4 Å². The molecule has 1 aliphatic heterocycles. The smallest absolute Gasteiger partial charge is 0.323 e. The molecule has 0 bridgehead atoms. The Labute approximate surface area is 144 Å². The van der Waals surface area contributed by atoms with Gasteiger partial charge in [0.15, 0.2) is 4.34 Å². The number of nitrogens with zero attached hydrogens (tertiary/aromatic N) is 3. The lowest BCUT2D eigenvalue weighted by molar-refractivity contribution is -0.150. The average Bonchev–Trinajstić information content (AvgIpc) is 3.23. The summed E-state index contributed by atoms with van der Waals surface area (Å²) in [5.41, 5.74) is 1.01. The fourth-order valence-corrected chi connectivity index (χ4v) is 4.01. The zero-order valence-corrected chi connectivity index (χ0v) is 14.6. The number of aromatic nitrogens is 2. The summed E-state index contributed by atoms with van der Waals surface area (Å²) in [5.74, 6) is -0.138. The summed E-state index contributed by atoms with van der Waals surface area (Å²) in [6.45, 7) is 1.90. The Morgan fingerprint density at radius 1 is 1.39 bits per heavy atom. The molecule has 1 aliphatic rings. The van der Waals surface area contributed by atoms with Crippen molar-refractivity contribution in [2.45, 2.75) is 36.4 Å². The van der Waals surface area contributed by atoms with Gasteiger partial charge in [-0.1, -0.05) is 53.4 Å². The van der Waals surface area contributed by atoms with Gasteiger partial charge in [-0.25, -0.2) is 0 Å². The molecule has 0 N–H and O–H groups in total. The number of hydrogen-bond donors (Lipinski definition) is 0. The molecular formula is C16H19N3O2S2. The molecule has 0 amide bonds. The van der Waals surface area contributed by atoms with Crippen LogP contribution in [0.15, 0.2) is 34.7 Å². The third-order valence-electron chi connectivity index (χ3n) is 3.82. The van der Waals surface area contributed by atoms with Crippen molar-refractivity contribution in [1.82, 2.24) is 15.1 Å². The highest BCUT2D eigenvalue weighted by atomic mass is 32.2. The SMILES string of the molecule is CSc1nnc(CN2CCC[C@H]2C(=O)OCc2ccccc2)s1. The Bertz CT molecular complexity index is 648. The number of hydrogen-bond acceptors (Lipinski definition) is 7. The Morgan fingerprint density at radius 3 is 2.96 bits per heavy atom. The van der Waals surface area contributed by atoms with Crippen LogP contribution in [0.4, 0.5) is 0 Å². The Hall–Kier alpha value is -1.44. The molecule has 2 heterocycles. The van der Waals surface area contributed by atoms with E-state index in [0.29, 0.717) is 13.2 Å². The van der Waals surface area contributed by atoms with E-state index in [2.05, 4.69) is 15.1 Å². The first kappa shape index (κ1) is 16.4. The maximum atomic E-state index is 12.4. The van der Waals surface area contributed by atoms with Gasteiger partial charge < -0.3 is 4.74 Å². The first-order valence-electron chi connectivity index (χ1n) is 7.57. The number of rotatable bonds is 6. The highest BCUT2D eigenvalue weighted by Gasteiger charge is 2.32. The molecule has 1 saturated heterocycles. The molecule has 1 atom stereocenters. The molecule has 1 aromatic carbocycles. The Kier molecular flexibility index (Phi) is 5.64. The lowest BCUT2D eigenvalue weighted by atomic mass is 10.2. The zero-order valence-electron chi connectivity index (χ0n) is 13.0. The van der Waals surface area contributed by atoms with Crippen LogP contribution in [0.3, 0.4) is 0 Å². The van der Waals surface area contributed by atoms with Gasteiger partial charge in [-0.05, 0) is 31.2 Å². The molecule has 1 fully saturated rings. The summed E-state index contributed by atoms with van der Waals surface area (Å²) in [4.78, 5) is 14.5. The molecule has 122 valence electrons. The second-order valence-electron chi connectivity index (χ2n) is 5.39. The summed E-state index contributed by atoms with van der Waals surface area (Å²) in [6.07, 6.45) is 3.85. The number of carbonyl (C=O) groups excluding carboxylic acids is 1. The van der Waals surface area contributed by atoms with Crippen molar-refractivity contribution < 1.29 is 9.53 Å². The van der Waals surface area contributed by atoms with E-state index >= 15 is 0 Å². The van der Waals surface area contributed by atoms with Crippen molar-refractivity contribution in [3.05, 3.63) is 40.9 Å². The Morgan fingerprint density at radius 2 is 2.22 bits per heavy atom. The second kappa shape index (κ2) is 7.90. The van der Waals surface area contributed by atoms with E-state index in [-0.39, 0.29) is 12.0 Å². The van der Waals surface area contributed by atoms with Crippen LogP contribution in [0.25, 0.3) is 0 Å². The number of benzene rings is 1. The van der Waals surface area contributed by atoms with Crippen LogP contribution in [0.5, 0.6) is 0 Å². The van der Waals surface area contributed by atoms with E-state index in [1.165, 1.54) is 0 Å². The fourth-order valence-electron chi connectivity index (χ4n) is 2.67. The average molecular weight is 349 g/mol. The van der Waals surface area contributed by atoms with Gasteiger partial charge in [-0.2, -0.15) is 0 Å². The van der Waals surface area contributed by atoms with Gasteiger partial charge in [0.05, 0.1) is 6.54 Å². The molecule has 0 radical (unpaired) electrons. The van der Waals surface area contributed by atoms with Crippen LogP contribution >= 0.6 is 23.1 Å². The molecule has 1 aromatic heterocycles. The van der Waals surface area contributed by atoms with Crippen molar-refractivity contribution in [2.75, 3.05) is 12.8 Å². The molecule has 23 heavy (non-hydrogen) atoms. The predicted molar refractivity (Wildman–Crippen MR) is 91.4 cm³/mol. The lowest BCUT2D eigenvalue weighted by Gasteiger charge is -2.21. The minimum Gasteiger partial charge on any atom is -0.460 e.